The molecule has 0 unspecified atom stereocenters. The molecule has 0 N–H and O–H groups in total. The molecule has 1 aromatic rings. The summed E-state index contributed by atoms with van der Waals surface area (Å²) in [6.07, 6.45) is 4.50. The van der Waals surface area contributed by atoms with E-state index in [1.54, 1.807) is 12.1 Å². The summed E-state index contributed by atoms with van der Waals surface area (Å²) in [6, 6.07) is 7.68. The van der Waals surface area contributed by atoms with Crippen molar-refractivity contribution in [3.8, 4) is 0 Å². The van der Waals surface area contributed by atoms with E-state index in [9.17, 15) is 4.39 Å². The Bertz CT molecular complexity index is 230. The van der Waals surface area contributed by atoms with Crippen LogP contribution in [-0.2, 0) is 6.42 Å². The molecule has 0 saturated heterocycles. The highest BCUT2D eigenvalue weighted by Gasteiger charge is 1.94. The van der Waals surface area contributed by atoms with Gasteiger partial charge in [-0.05, 0) is 36.6 Å². The minimum Gasteiger partial charge on any atom is -0.207 e. The van der Waals surface area contributed by atoms with Crippen molar-refractivity contribution in [2.75, 3.05) is 0 Å². The van der Waals surface area contributed by atoms with Crippen LogP contribution in [0, 0.1) is 11.9 Å². The maximum atomic E-state index is 12.7. The molecule has 1 rings (SSSR count). The van der Waals surface area contributed by atoms with Gasteiger partial charge in [-0.2, -0.15) is 0 Å². The first-order valence-corrected chi connectivity index (χ1v) is 4.49. The van der Waals surface area contributed by atoms with Crippen LogP contribution in [0.3, 0.4) is 0 Å². The minimum absolute atomic E-state index is 0.153. The summed E-state index contributed by atoms with van der Waals surface area (Å²) in [5.74, 6) is -0.153. The maximum absolute atomic E-state index is 12.7. The van der Waals surface area contributed by atoms with Gasteiger partial charge in [0.25, 0.3) is 0 Å². The molecule has 0 aliphatic rings. The van der Waals surface area contributed by atoms with Gasteiger partial charge in [-0.25, -0.2) is 4.39 Å². The third-order valence-electron chi connectivity index (χ3n) is 1.87. The Kier molecular flexibility index (Phi) is 3.78. The van der Waals surface area contributed by atoms with Crippen LogP contribution in [0.5, 0.6) is 0 Å². The maximum Gasteiger partial charge on any atom is 0.123 e. The van der Waals surface area contributed by atoms with Gasteiger partial charge in [0.05, 0.1) is 0 Å². The average Bonchev–Trinajstić information content (AvgIpc) is 2.05. The van der Waals surface area contributed by atoms with E-state index in [1.807, 2.05) is 0 Å². The first-order chi connectivity index (χ1) is 5.83. The molecule has 0 nitrogen and oxygen atoms in total. The summed E-state index contributed by atoms with van der Waals surface area (Å²) in [5.41, 5.74) is 0.989. The van der Waals surface area contributed by atoms with E-state index in [0.29, 0.717) is 0 Å². The van der Waals surface area contributed by atoms with Crippen molar-refractivity contribution in [3.63, 3.8) is 0 Å². The zero-order valence-corrected chi connectivity index (χ0v) is 7.44. The van der Waals surface area contributed by atoms with Crippen molar-refractivity contribution >= 4 is 0 Å². The number of halogens is 1. The van der Waals surface area contributed by atoms with E-state index in [0.717, 1.165) is 18.4 Å². The van der Waals surface area contributed by atoms with Crippen LogP contribution in [-0.4, -0.2) is 0 Å². The quantitative estimate of drug-likeness (QED) is 0.600. The number of hydrogen-bond acceptors (Lipinski definition) is 0. The fourth-order valence-corrected chi connectivity index (χ4v) is 1.19. The van der Waals surface area contributed by atoms with Gasteiger partial charge in [0, 0.05) is 0 Å². The second kappa shape index (κ2) is 4.91. The molecule has 0 atom stereocenters. The SMILES string of the molecule is CCCCCc1[c]ccc(F)c1. The second-order valence-electron chi connectivity index (χ2n) is 2.99. The van der Waals surface area contributed by atoms with Crippen molar-refractivity contribution in [2.24, 2.45) is 0 Å². The van der Waals surface area contributed by atoms with Crippen molar-refractivity contribution < 1.29 is 4.39 Å². The Morgan fingerprint density at radius 2 is 2.25 bits per heavy atom. The van der Waals surface area contributed by atoms with Crippen LogP contribution >= 0.6 is 0 Å². The molecule has 65 valence electrons. The summed E-state index contributed by atoms with van der Waals surface area (Å²) in [5, 5.41) is 0. The number of aryl methyl sites for hydroxylation is 1. The molecule has 0 bridgehead atoms. The van der Waals surface area contributed by atoms with E-state index < -0.39 is 0 Å². The van der Waals surface area contributed by atoms with Gasteiger partial charge in [0.2, 0.25) is 0 Å². The van der Waals surface area contributed by atoms with Gasteiger partial charge in [-0.1, -0.05) is 25.8 Å². The molecule has 0 aromatic heterocycles. The van der Waals surface area contributed by atoms with Crippen molar-refractivity contribution in [1.82, 2.24) is 0 Å². The lowest BCUT2D eigenvalue weighted by Crippen LogP contribution is -1.86. The van der Waals surface area contributed by atoms with Crippen LogP contribution in [0.1, 0.15) is 31.7 Å². The third-order valence-corrected chi connectivity index (χ3v) is 1.87. The first-order valence-electron chi connectivity index (χ1n) is 4.49. The fraction of sp³-hybridized carbons (Fsp3) is 0.455. The average molecular weight is 165 g/mol. The lowest BCUT2D eigenvalue weighted by atomic mass is 10.1. The van der Waals surface area contributed by atoms with Crippen molar-refractivity contribution in [3.05, 3.63) is 35.6 Å². The minimum atomic E-state index is -0.153. The second-order valence-corrected chi connectivity index (χ2v) is 2.99. The molecule has 0 amide bonds. The molecule has 0 spiro atoms. The van der Waals surface area contributed by atoms with Gasteiger partial charge in [-0.3, -0.25) is 0 Å². The molecule has 0 saturated carbocycles. The van der Waals surface area contributed by atoms with E-state index in [-0.39, 0.29) is 5.82 Å². The molecule has 1 aromatic carbocycles. The molecule has 0 fully saturated rings. The van der Waals surface area contributed by atoms with Crippen molar-refractivity contribution in [2.45, 2.75) is 32.6 Å². The largest absolute Gasteiger partial charge is 0.207 e. The predicted octanol–water partition coefficient (Wildman–Crippen LogP) is 3.36. The number of hydrogen-bond donors (Lipinski definition) is 0. The normalized spacial score (nSPS) is 10.2. The van der Waals surface area contributed by atoms with Crippen molar-refractivity contribution in [1.29, 1.82) is 0 Å². The standard InChI is InChI=1S/C11H14F/c1-2-3-4-6-10-7-5-8-11(12)9-10/h5,8-9H,2-4,6H2,1H3. The monoisotopic (exact) mass is 165 g/mol. The molecule has 1 radical (unpaired) electrons. The third kappa shape index (κ3) is 3.04. The topological polar surface area (TPSA) is 0 Å². The first kappa shape index (κ1) is 9.24. The Hall–Kier alpha value is -0.850. The van der Waals surface area contributed by atoms with Gasteiger partial charge >= 0.3 is 0 Å². The highest BCUT2D eigenvalue weighted by Crippen LogP contribution is 2.07. The van der Waals surface area contributed by atoms with Crippen LogP contribution < -0.4 is 0 Å². The summed E-state index contributed by atoms with van der Waals surface area (Å²) in [4.78, 5) is 0. The van der Waals surface area contributed by atoms with E-state index in [2.05, 4.69) is 13.0 Å². The van der Waals surface area contributed by atoms with E-state index in [1.165, 1.54) is 18.9 Å². The Morgan fingerprint density at radius 1 is 1.42 bits per heavy atom. The molecule has 0 aliphatic carbocycles. The highest BCUT2D eigenvalue weighted by molar-refractivity contribution is 5.14. The van der Waals surface area contributed by atoms with Crippen LogP contribution in [0.4, 0.5) is 4.39 Å². The van der Waals surface area contributed by atoms with Gasteiger partial charge in [0.1, 0.15) is 5.82 Å². The predicted molar refractivity (Wildman–Crippen MR) is 48.5 cm³/mol. The van der Waals surface area contributed by atoms with Gasteiger partial charge < -0.3 is 0 Å². The highest BCUT2D eigenvalue weighted by atomic mass is 19.1. The Labute approximate surface area is 73.4 Å². The Morgan fingerprint density at radius 3 is 2.92 bits per heavy atom. The number of benzene rings is 1. The van der Waals surface area contributed by atoms with Crippen LogP contribution in [0.2, 0.25) is 0 Å². The Balaban J connectivity index is 2.41. The summed E-state index contributed by atoms with van der Waals surface area (Å²) < 4.78 is 12.7. The van der Waals surface area contributed by atoms with Gasteiger partial charge in [-0.15, -0.1) is 0 Å². The smallest absolute Gasteiger partial charge is 0.123 e. The molecular weight excluding hydrogens is 151 g/mol. The zero-order valence-electron chi connectivity index (χ0n) is 7.44. The summed E-state index contributed by atoms with van der Waals surface area (Å²) >= 11 is 0. The molecule has 0 heterocycles. The molecule has 12 heavy (non-hydrogen) atoms. The lowest BCUT2D eigenvalue weighted by Gasteiger charge is -1.98. The lowest BCUT2D eigenvalue weighted by molar-refractivity contribution is 0.623. The number of unbranched alkanes of at least 4 members (excludes halogenated alkanes) is 2. The summed E-state index contributed by atoms with van der Waals surface area (Å²) in [7, 11) is 0. The molecular formula is C11H14F. The number of rotatable bonds is 4. The van der Waals surface area contributed by atoms with E-state index in [4.69, 9.17) is 0 Å². The molecule has 0 aliphatic heterocycles. The van der Waals surface area contributed by atoms with Crippen LogP contribution in [0.25, 0.3) is 0 Å². The fourth-order valence-electron chi connectivity index (χ4n) is 1.19. The molecule has 1 heteroatoms. The van der Waals surface area contributed by atoms with E-state index >= 15 is 0 Å². The zero-order chi connectivity index (χ0) is 8.81. The van der Waals surface area contributed by atoms with Crippen LogP contribution in [0.15, 0.2) is 18.2 Å². The summed E-state index contributed by atoms with van der Waals surface area (Å²) in [6.45, 7) is 2.16. The van der Waals surface area contributed by atoms with Gasteiger partial charge in [0.15, 0.2) is 0 Å².